The summed E-state index contributed by atoms with van der Waals surface area (Å²) in [5, 5.41) is 0. The van der Waals surface area contributed by atoms with Crippen LogP contribution < -0.4 is 0 Å². The lowest BCUT2D eigenvalue weighted by Gasteiger charge is -2.04. The maximum absolute atomic E-state index is 4.34. The van der Waals surface area contributed by atoms with Gasteiger partial charge in [-0.15, -0.1) is 0 Å². The Hall–Kier alpha value is -1.38. The fraction of sp³-hybridized carbons (Fsp3) is 0.400. The van der Waals surface area contributed by atoms with Gasteiger partial charge in [-0.1, -0.05) is 13.8 Å². The summed E-state index contributed by atoms with van der Waals surface area (Å²) in [6.45, 7) is 6.31. The molecule has 0 aromatic carbocycles. The minimum absolute atomic E-state index is 0.497. The summed E-state index contributed by atoms with van der Waals surface area (Å²) in [5.41, 5.74) is 3.18. The van der Waals surface area contributed by atoms with E-state index < -0.39 is 0 Å². The highest BCUT2D eigenvalue weighted by Crippen LogP contribution is 2.16. The predicted octanol–water partition coefficient (Wildman–Crippen LogP) is 2.16. The topological polar surface area (TPSA) is 30.2 Å². The third-order valence-corrected chi connectivity index (χ3v) is 2.22. The van der Waals surface area contributed by atoms with Crippen molar-refractivity contribution in [3.05, 3.63) is 30.0 Å². The number of nitrogens with zero attached hydrogens (tertiary/aromatic N) is 3. The third kappa shape index (κ3) is 1.20. The van der Waals surface area contributed by atoms with Crippen LogP contribution in [0, 0.1) is 6.92 Å². The van der Waals surface area contributed by atoms with E-state index in [2.05, 4.69) is 28.2 Å². The second-order valence-corrected chi connectivity index (χ2v) is 3.54. The van der Waals surface area contributed by atoms with Crippen LogP contribution in [0.4, 0.5) is 0 Å². The van der Waals surface area contributed by atoms with Crippen LogP contribution in [0.1, 0.15) is 31.2 Å². The maximum atomic E-state index is 4.34. The second kappa shape index (κ2) is 2.83. The lowest BCUT2D eigenvalue weighted by molar-refractivity contribution is 0.805. The van der Waals surface area contributed by atoms with Crippen molar-refractivity contribution < 1.29 is 0 Å². The van der Waals surface area contributed by atoms with Gasteiger partial charge in [0.25, 0.3) is 0 Å². The third-order valence-electron chi connectivity index (χ3n) is 2.22. The van der Waals surface area contributed by atoms with Gasteiger partial charge in [-0.05, 0) is 12.8 Å². The van der Waals surface area contributed by atoms with Crippen molar-refractivity contribution in [2.75, 3.05) is 0 Å². The van der Waals surface area contributed by atoms with Gasteiger partial charge in [0.15, 0.2) is 5.65 Å². The van der Waals surface area contributed by atoms with E-state index in [-0.39, 0.29) is 0 Å². The molecule has 2 aromatic rings. The quantitative estimate of drug-likeness (QED) is 0.664. The average molecular weight is 175 g/mol. The molecule has 0 fully saturated rings. The minimum atomic E-state index is 0.497. The molecule has 13 heavy (non-hydrogen) atoms. The Morgan fingerprint density at radius 3 is 2.77 bits per heavy atom. The van der Waals surface area contributed by atoms with Crippen LogP contribution in [-0.2, 0) is 0 Å². The molecular weight excluding hydrogens is 162 g/mol. The van der Waals surface area contributed by atoms with Crippen molar-refractivity contribution >= 4 is 5.65 Å². The van der Waals surface area contributed by atoms with E-state index in [9.17, 15) is 0 Å². The molecule has 0 bridgehead atoms. The van der Waals surface area contributed by atoms with Crippen LogP contribution >= 0.6 is 0 Å². The van der Waals surface area contributed by atoms with Crippen molar-refractivity contribution in [1.29, 1.82) is 0 Å². The Labute approximate surface area is 77.4 Å². The number of rotatable bonds is 1. The van der Waals surface area contributed by atoms with E-state index in [1.807, 2.05) is 25.5 Å². The first-order chi connectivity index (χ1) is 6.20. The zero-order chi connectivity index (χ0) is 9.42. The molecule has 0 saturated carbocycles. The van der Waals surface area contributed by atoms with Gasteiger partial charge in [0.05, 0.1) is 5.69 Å². The number of aromatic nitrogens is 3. The zero-order valence-corrected chi connectivity index (χ0v) is 8.15. The van der Waals surface area contributed by atoms with Gasteiger partial charge in [0.2, 0.25) is 0 Å². The summed E-state index contributed by atoms with van der Waals surface area (Å²) < 4.78 is 2.10. The molecule has 0 spiro atoms. The molecule has 0 N–H and O–H groups in total. The van der Waals surface area contributed by atoms with Crippen molar-refractivity contribution in [2.24, 2.45) is 0 Å². The van der Waals surface area contributed by atoms with Gasteiger partial charge < -0.3 is 4.40 Å². The summed E-state index contributed by atoms with van der Waals surface area (Å²) in [4.78, 5) is 8.54. The summed E-state index contributed by atoms with van der Waals surface area (Å²) in [6.07, 6.45) is 5.70. The van der Waals surface area contributed by atoms with Gasteiger partial charge in [-0.25, -0.2) is 4.98 Å². The molecule has 0 aliphatic heterocycles. The van der Waals surface area contributed by atoms with Crippen LogP contribution in [0.2, 0.25) is 0 Å². The lowest BCUT2D eigenvalue weighted by Crippen LogP contribution is -1.96. The Bertz CT molecular complexity index is 429. The Balaban J connectivity index is 2.75. The number of hydrogen-bond donors (Lipinski definition) is 0. The zero-order valence-electron chi connectivity index (χ0n) is 8.15. The first-order valence-corrected chi connectivity index (χ1v) is 4.48. The Morgan fingerprint density at radius 1 is 1.31 bits per heavy atom. The molecule has 2 aromatic heterocycles. The van der Waals surface area contributed by atoms with Crippen molar-refractivity contribution in [3.8, 4) is 0 Å². The molecule has 2 rings (SSSR count). The van der Waals surface area contributed by atoms with E-state index in [0.29, 0.717) is 5.92 Å². The largest absolute Gasteiger partial charge is 0.301 e. The molecule has 3 nitrogen and oxygen atoms in total. The van der Waals surface area contributed by atoms with Crippen molar-refractivity contribution in [3.63, 3.8) is 0 Å². The molecule has 0 aliphatic rings. The summed E-state index contributed by atoms with van der Waals surface area (Å²) in [5.74, 6) is 0.497. The molecule has 3 heteroatoms. The van der Waals surface area contributed by atoms with Crippen LogP contribution in [-0.4, -0.2) is 14.4 Å². The summed E-state index contributed by atoms with van der Waals surface area (Å²) >= 11 is 0. The first kappa shape index (κ1) is 8.23. The fourth-order valence-corrected chi connectivity index (χ4v) is 1.50. The molecule has 0 amide bonds. The number of fused-ring (bicyclic) bond motifs is 1. The second-order valence-electron chi connectivity index (χ2n) is 3.54. The summed E-state index contributed by atoms with van der Waals surface area (Å²) in [6, 6.07) is 0. The molecule has 68 valence electrons. The maximum Gasteiger partial charge on any atom is 0.158 e. The van der Waals surface area contributed by atoms with E-state index in [4.69, 9.17) is 0 Å². The lowest BCUT2D eigenvalue weighted by atomic mass is 10.1. The monoisotopic (exact) mass is 175 g/mol. The average Bonchev–Trinajstić information content (AvgIpc) is 2.48. The standard InChI is InChI=1S/C10H13N3/c1-7(2)9-6-12-10-8(3)11-4-5-13(9)10/h4-7H,1-3H3. The Morgan fingerprint density at radius 2 is 2.08 bits per heavy atom. The van der Waals surface area contributed by atoms with Crippen molar-refractivity contribution in [1.82, 2.24) is 14.4 Å². The van der Waals surface area contributed by atoms with Gasteiger partial charge >= 0.3 is 0 Å². The fourth-order valence-electron chi connectivity index (χ4n) is 1.50. The molecule has 0 atom stereocenters. The Kier molecular flexibility index (Phi) is 1.79. The molecule has 0 aliphatic carbocycles. The molecule has 0 unspecified atom stereocenters. The van der Waals surface area contributed by atoms with E-state index >= 15 is 0 Å². The van der Waals surface area contributed by atoms with Crippen LogP contribution in [0.3, 0.4) is 0 Å². The highest BCUT2D eigenvalue weighted by Gasteiger charge is 2.07. The van der Waals surface area contributed by atoms with Crippen LogP contribution in [0.15, 0.2) is 18.6 Å². The molecule has 0 radical (unpaired) electrons. The minimum Gasteiger partial charge on any atom is -0.301 e. The predicted molar refractivity (Wildman–Crippen MR) is 51.8 cm³/mol. The number of imidazole rings is 1. The first-order valence-electron chi connectivity index (χ1n) is 4.48. The summed E-state index contributed by atoms with van der Waals surface area (Å²) in [7, 11) is 0. The normalized spacial score (nSPS) is 11.4. The smallest absolute Gasteiger partial charge is 0.158 e. The van der Waals surface area contributed by atoms with Crippen LogP contribution in [0.5, 0.6) is 0 Å². The molecule has 0 saturated heterocycles. The van der Waals surface area contributed by atoms with Gasteiger partial charge in [-0.3, -0.25) is 4.98 Å². The number of aryl methyl sites for hydroxylation is 1. The van der Waals surface area contributed by atoms with E-state index in [1.54, 1.807) is 0 Å². The highest BCUT2D eigenvalue weighted by molar-refractivity contribution is 5.44. The van der Waals surface area contributed by atoms with E-state index in [1.165, 1.54) is 5.69 Å². The van der Waals surface area contributed by atoms with Crippen molar-refractivity contribution in [2.45, 2.75) is 26.7 Å². The molecular formula is C10H13N3. The van der Waals surface area contributed by atoms with Crippen LogP contribution in [0.25, 0.3) is 5.65 Å². The van der Waals surface area contributed by atoms with Gasteiger partial charge in [0, 0.05) is 24.3 Å². The highest BCUT2D eigenvalue weighted by atomic mass is 15.0. The van der Waals surface area contributed by atoms with Gasteiger partial charge in [0.1, 0.15) is 0 Å². The number of hydrogen-bond acceptors (Lipinski definition) is 2. The SMILES string of the molecule is Cc1nccn2c(C(C)C)cnc12. The van der Waals surface area contributed by atoms with E-state index in [0.717, 1.165) is 11.3 Å². The van der Waals surface area contributed by atoms with Gasteiger partial charge in [-0.2, -0.15) is 0 Å². The molecule has 2 heterocycles.